The summed E-state index contributed by atoms with van der Waals surface area (Å²) in [4.78, 5) is 2.58. The number of aryl methyl sites for hydroxylation is 1. The van der Waals surface area contributed by atoms with E-state index in [0.717, 1.165) is 6.54 Å². The highest BCUT2D eigenvalue weighted by molar-refractivity contribution is 5.14. The fraction of sp³-hybridized carbons (Fsp3) is 0.600. The molecule has 2 N–H and O–H groups in total. The van der Waals surface area contributed by atoms with Gasteiger partial charge >= 0.3 is 0 Å². The molecule has 2 heteroatoms. The van der Waals surface area contributed by atoms with Gasteiger partial charge in [-0.25, -0.2) is 0 Å². The molecule has 0 amide bonds. The van der Waals surface area contributed by atoms with Crippen molar-refractivity contribution in [1.82, 2.24) is 4.90 Å². The van der Waals surface area contributed by atoms with Gasteiger partial charge in [0.1, 0.15) is 0 Å². The van der Waals surface area contributed by atoms with E-state index in [1.165, 1.54) is 37.8 Å². The lowest BCUT2D eigenvalue weighted by Crippen LogP contribution is -2.35. The minimum absolute atomic E-state index is 0.403. The van der Waals surface area contributed by atoms with Crippen molar-refractivity contribution in [2.24, 2.45) is 5.73 Å². The lowest BCUT2D eigenvalue weighted by atomic mass is 10.0. The second-order valence-electron chi connectivity index (χ2n) is 5.13. The van der Waals surface area contributed by atoms with Crippen LogP contribution in [0.25, 0.3) is 0 Å². The first kappa shape index (κ1) is 12.6. The molecule has 0 spiro atoms. The molecule has 17 heavy (non-hydrogen) atoms. The fourth-order valence-corrected chi connectivity index (χ4v) is 2.77. The quantitative estimate of drug-likeness (QED) is 0.845. The average Bonchev–Trinajstić information content (AvgIpc) is 2.78. The summed E-state index contributed by atoms with van der Waals surface area (Å²) in [5, 5.41) is 0. The Morgan fingerprint density at radius 2 is 2.12 bits per heavy atom. The van der Waals surface area contributed by atoms with Gasteiger partial charge in [0.15, 0.2) is 0 Å². The number of nitrogens with zero attached hydrogens (tertiary/aromatic N) is 1. The van der Waals surface area contributed by atoms with Gasteiger partial charge in [0.25, 0.3) is 0 Å². The lowest BCUT2D eigenvalue weighted by molar-refractivity contribution is 0.222. The third kappa shape index (κ3) is 3.55. The van der Waals surface area contributed by atoms with Crippen molar-refractivity contribution in [1.29, 1.82) is 0 Å². The van der Waals surface area contributed by atoms with E-state index in [4.69, 9.17) is 5.73 Å². The Bertz CT molecular complexity index is 323. The normalized spacial score (nSPS) is 22.8. The van der Waals surface area contributed by atoms with Crippen LogP contribution < -0.4 is 5.73 Å². The Labute approximate surface area is 105 Å². The SMILES string of the molecule is CCC(CCc1ccccc1)N1CC[C@@H](N)C1. The van der Waals surface area contributed by atoms with Crippen LogP contribution in [0.5, 0.6) is 0 Å². The second kappa shape index (κ2) is 6.18. The van der Waals surface area contributed by atoms with Gasteiger partial charge < -0.3 is 5.73 Å². The largest absolute Gasteiger partial charge is 0.326 e. The maximum absolute atomic E-state index is 5.98. The predicted molar refractivity (Wildman–Crippen MR) is 73.0 cm³/mol. The third-order valence-corrected chi connectivity index (χ3v) is 3.85. The maximum Gasteiger partial charge on any atom is 0.0180 e. The van der Waals surface area contributed by atoms with Gasteiger partial charge in [0.05, 0.1) is 0 Å². The van der Waals surface area contributed by atoms with Crippen molar-refractivity contribution in [2.75, 3.05) is 13.1 Å². The zero-order valence-corrected chi connectivity index (χ0v) is 10.8. The maximum atomic E-state index is 5.98. The number of benzene rings is 1. The average molecular weight is 232 g/mol. The molecule has 1 heterocycles. The van der Waals surface area contributed by atoms with Gasteiger partial charge in [-0.15, -0.1) is 0 Å². The molecule has 2 rings (SSSR count). The Balaban J connectivity index is 1.84. The van der Waals surface area contributed by atoms with E-state index >= 15 is 0 Å². The molecule has 0 bridgehead atoms. The first-order valence-corrected chi connectivity index (χ1v) is 6.83. The molecule has 0 aromatic heterocycles. The highest BCUT2D eigenvalue weighted by atomic mass is 15.2. The van der Waals surface area contributed by atoms with Gasteiger partial charge in [0.2, 0.25) is 0 Å². The summed E-state index contributed by atoms with van der Waals surface area (Å²) in [6.45, 7) is 4.57. The molecule has 1 aliphatic rings. The molecular formula is C15H24N2. The zero-order valence-electron chi connectivity index (χ0n) is 10.8. The second-order valence-corrected chi connectivity index (χ2v) is 5.13. The van der Waals surface area contributed by atoms with Crippen LogP contribution in [0.1, 0.15) is 31.7 Å². The van der Waals surface area contributed by atoms with Crippen LogP contribution in [0.2, 0.25) is 0 Å². The topological polar surface area (TPSA) is 29.3 Å². The first-order valence-electron chi connectivity index (χ1n) is 6.83. The molecule has 1 saturated heterocycles. The molecule has 1 aromatic rings. The van der Waals surface area contributed by atoms with Crippen molar-refractivity contribution in [3.63, 3.8) is 0 Å². The molecule has 2 nitrogen and oxygen atoms in total. The monoisotopic (exact) mass is 232 g/mol. The van der Waals surface area contributed by atoms with E-state index in [1.54, 1.807) is 0 Å². The standard InChI is InChI=1S/C15H24N2/c1-2-15(17-11-10-14(16)12-17)9-8-13-6-4-3-5-7-13/h3-7,14-15H,2,8-12,16H2,1H3/t14-,15?/m1/s1. The lowest BCUT2D eigenvalue weighted by Gasteiger charge is -2.26. The number of hydrogen-bond donors (Lipinski definition) is 1. The molecule has 1 aliphatic heterocycles. The van der Waals surface area contributed by atoms with E-state index in [9.17, 15) is 0 Å². The van der Waals surface area contributed by atoms with Crippen LogP contribution >= 0.6 is 0 Å². The van der Waals surface area contributed by atoms with Crippen molar-refractivity contribution in [2.45, 2.75) is 44.7 Å². The van der Waals surface area contributed by atoms with Crippen molar-refractivity contribution in [3.05, 3.63) is 35.9 Å². The summed E-state index contributed by atoms with van der Waals surface area (Å²) >= 11 is 0. The summed E-state index contributed by atoms with van der Waals surface area (Å²) in [7, 11) is 0. The Morgan fingerprint density at radius 1 is 1.35 bits per heavy atom. The molecule has 94 valence electrons. The predicted octanol–water partition coefficient (Wildman–Crippen LogP) is 2.43. The number of likely N-dealkylation sites (tertiary alicyclic amines) is 1. The number of nitrogens with two attached hydrogens (primary N) is 1. The van der Waals surface area contributed by atoms with Gasteiger partial charge in [-0.05, 0) is 31.2 Å². The Kier molecular flexibility index (Phi) is 4.57. The Hall–Kier alpha value is -0.860. The summed E-state index contributed by atoms with van der Waals surface area (Å²) in [5.41, 5.74) is 7.44. The summed E-state index contributed by atoms with van der Waals surface area (Å²) < 4.78 is 0. The molecule has 1 fully saturated rings. The molecule has 1 aromatic carbocycles. The van der Waals surface area contributed by atoms with Crippen molar-refractivity contribution in [3.8, 4) is 0 Å². The van der Waals surface area contributed by atoms with Gasteiger partial charge in [0, 0.05) is 25.2 Å². The van der Waals surface area contributed by atoms with Gasteiger partial charge in [-0.1, -0.05) is 37.3 Å². The molecule has 0 radical (unpaired) electrons. The van der Waals surface area contributed by atoms with Crippen LogP contribution in [0.4, 0.5) is 0 Å². The number of hydrogen-bond acceptors (Lipinski definition) is 2. The highest BCUT2D eigenvalue weighted by Crippen LogP contribution is 2.18. The van der Waals surface area contributed by atoms with Crippen LogP contribution in [0, 0.1) is 0 Å². The smallest absolute Gasteiger partial charge is 0.0180 e. The zero-order chi connectivity index (χ0) is 12.1. The van der Waals surface area contributed by atoms with Crippen molar-refractivity contribution >= 4 is 0 Å². The fourth-order valence-electron chi connectivity index (χ4n) is 2.77. The van der Waals surface area contributed by atoms with E-state index in [1.807, 2.05) is 0 Å². The van der Waals surface area contributed by atoms with Crippen LogP contribution in [-0.2, 0) is 6.42 Å². The third-order valence-electron chi connectivity index (χ3n) is 3.85. The molecule has 1 unspecified atom stereocenters. The summed E-state index contributed by atoms with van der Waals surface area (Å²) in [5.74, 6) is 0. The minimum Gasteiger partial charge on any atom is -0.326 e. The van der Waals surface area contributed by atoms with E-state index in [2.05, 4.69) is 42.2 Å². The van der Waals surface area contributed by atoms with E-state index in [0.29, 0.717) is 12.1 Å². The van der Waals surface area contributed by atoms with E-state index < -0.39 is 0 Å². The van der Waals surface area contributed by atoms with Gasteiger partial charge in [-0.3, -0.25) is 4.90 Å². The molecule has 0 saturated carbocycles. The van der Waals surface area contributed by atoms with Gasteiger partial charge in [-0.2, -0.15) is 0 Å². The van der Waals surface area contributed by atoms with Crippen LogP contribution in [0.3, 0.4) is 0 Å². The molecule has 2 atom stereocenters. The molecular weight excluding hydrogens is 208 g/mol. The van der Waals surface area contributed by atoms with Crippen LogP contribution in [-0.4, -0.2) is 30.1 Å². The molecule has 0 aliphatic carbocycles. The highest BCUT2D eigenvalue weighted by Gasteiger charge is 2.24. The van der Waals surface area contributed by atoms with Crippen LogP contribution in [0.15, 0.2) is 30.3 Å². The number of rotatable bonds is 5. The summed E-state index contributed by atoms with van der Waals surface area (Å²) in [6, 6.07) is 11.9. The Morgan fingerprint density at radius 3 is 2.71 bits per heavy atom. The van der Waals surface area contributed by atoms with E-state index in [-0.39, 0.29) is 0 Å². The minimum atomic E-state index is 0.403. The first-order chi connectivity index (χ1) is 8.29. The summed E-state index contributed by atoms with van der Waals surface area (Å²) in [6.07, 6.45) is 4.85. The van der Waals surface area contributed by atoms with Crippen molar-refractivity contribution < 1.29 is 0 Å².